The summed E-state index contributed by atoms with van der Waals surface area (Å²) in [5.41, 5.74) is 2.37. The summed E-state index contributed by atoms with van der Waals surface area (Å²) in [6.45, 7) is 0. The van der Waals surface area contributed by atoms with E-state index < -0.39 is 0 Å². The van der Waals surface area contributed by atoms with Crippen molar-refractivity contribution in [3.05, 3.63) is 65.6 Å². The largest absolute Gasteiger partial charge is 0.350 e. The lowest BCUT2D eigenvalue weighted by atomic mass is 10.1. The van der Waals surface area contributed by atoms with Crippen molar-refractivity contribution in [3.8, 4) is 6.07 Å². The summed E-state index contributed by atoms with van der Waals surface area (Å²) < 4.78 is 13.6. The molecule has 108 valence electrons. The first-order valence-corrected chi connectivity index (χ1v) is 6.72. The molecule has 3 rings (SSSR count). The molecule has 0 unspecified atom stereocenters. The zero-order valence-electron chi connectivity index (χ0n) is 11.6. The number of aromatic amines is 1. The van der Waals surface area contributed by atoms with Gasteiger partial charge in [-0.15, -0.1) is 0 Å². The summed E-state index contributed by atoms with van der Waals surface area (Å²) in [6.07, 6.45) is 0.329. The molecule has 0 fully saturated rings. The first-order chi connectivity index (χ1) is 10.7. The van der Waals surface area contributed by atoms with Gasteiger partial charge in [0, 0.05) is 16.6 Å². The van der Waals surface area contributed by atoms with E-state index in [1.807, 2.05) is 0 Å². The summed E-state index contributed by atoms with van der Waals surface area (Å²) in [5.74, 6) is -0.711. The number of hydrogen-bond acceptors (Lipinski definition) is 2. The molecule has 0 aliphatic heterocycles. The van der Waals surface area contributed by atoms with Crippen LogP contribution in [0.5, 0.6) is 0 Å². The van der Waals surface area contributed by atoms with Crippen molar-refractivity contribution < 1.29 is 9.18 Å². The van der Waals surface area contributed by atoms with Gasteiger partial charge in [-0.05, 0) is 35.9 Å². The second kappa shape index (κ2) is 5.70. The third-order valence-electron chi connectivity index (χ3n) is 3.35. The minimum absolute atomic E-state index is 0.293. The van der Waals surface area contributed by atoms with Crippen molar-refractivity contribution in [2.45, 2.75) is 6.42 Å². The topological polar surface area (TPSA) is 68.7 Å². The number of amides is 1. The number of benzene rings is 2. The Kier molecular flexibility index (Phi) is 3.58. The molecule has 22 heavy (non-hydrogen) atoms. The molecule has 1 amide bonds. The number of fused-ring (bicyclic) bond motifs is 1. The zero-order valence-corrected chi connectivity index (χ0v) is 11.6. The molecule has 0 radical (unpaired) electrons. The van der Waals surface area contributed by atoms with Gasteiger partial charge in [-0.1, -0.05) is 18.2 Å². The number of nitrogens with one attached hydrogen (secondary N) is 2. The van der Waals surface area contributed by atoms with Crippen LogP contribution >= 0.6 is 0 Å². The van der Waals surface area contributed by atoms with Crippen LogP contribution in [0.25, 0.3) is 10.9 Å². The van der Waals surface area contributed by atoms with Crippen molar-refractivity contribution in [2.24, 2.45) is 0 Å². The number of anilines is 1. The Balaban J connectivity index is 1.81. The van der Waals surface area contributed by atoms with E-state index in [0.717, 1.165) is 5.56 Å². The fraction of sp³-hybridized carbons (Fsp3) is 0.0588. The smallest absolute Gasteiger partial charge is 0.272 e. The van der Waals surface area contributed by atoms with Crippen LogP contribution in [0.3, 0.4) is 0 Å². The highest BCUT2D eigenvalue weighted by atomic mass is 19.1. The third-order valence-corrected chi connectivity index (χ3v) is 3.35. The molecule has 0 atom stereocenters. The Hall–Kier alpha value is -3.13. The number of carbonyl (C=O) groups excluding carboxylic acids is 1. The SMILES string of the molecule is N#CCc1ccc(NC(=O)c2cc3c(F)cccc3[nH]2)cc1. The second-order valence-corrected chi connectivity index (χ2v) is 4.87. The van der Waals surface area contributed by atoms with E-state index in [2.05, 4.69) is 16.4 Å². The van der Waals surface area contributed by atoms with Crippen molar-refractivity contribution >= 4 is 22.5 Å². The van der Waals surface area contributed by atoms with Crippen LogP contribution < -0.4 is 5.32 Å². The third kappa shape index (κ3) is 2.67. The number of nitriles is 1. The van der Waals surface area contributed by atoms with Crippen LogP contribution in [0.15, 0.2) is 48.5 Å². The van der Waals surface area contributed by atoms with Crippen molar-refractivity contribution in [2.75, 3.05) is 5.32 Å². The molecular formula is C17H12FN3O. The van der Waals surface area contributed by atoms with Gasteiger partial charge in [0.1, 0.15) is 11.5 Å². The lowest BCUT2D eigenvalue weighted by Gasteiger charge is -2.04. The van der Waals surface area contributed by atoms with Crippen molar-refractivity contribution in [1.82, 2.24) is 4.98 Å². The van der Waals surface area contributed by atoms with E-state index in [0.29, 0.717) is 28.7 Å². The Bertz CT molecular complexity index is 875. The average molecular weight is 293 g/mol. The molecule has 0 spiro atoms. The van der Waals surface area contributed by atoms with E-state index in [-0.39, 0.29) is 11.7 Å². The van der Waals surface area contributed by atoms with Gasteiger partial charge < -0.3 is 10.3 Å². The summed E-state index contributed by atoms with van der Waals surface area (Å²) in [4.78, 5) is 15.1. The molecule has 0 aliphatic carbocycles. The molecule has 1 aromatic heterocycles. The van der Waals surface area contributed by atoms with E-state index in [4.69, 9.17) is 5.26 Å². The van der Waals surface area contributed by atoms with Gasteiger partial charge in [-0.2, -0.15) is 5.26 Å². The number of aromatic nitrogens is 1. The lowest BCUT2D eigenvalue weighted by Crippen LogP contribution is -2.12. The van der Waals surface area contributed by atoms with Gasteiger partial charge >= 0.3 is 0 Å². The molecule has 2 N–H and O–H groups in total. The van der Waals surface area contributed by atoms with Gasteiger partial charge in [0.25, 0.3) is 5.91 Å². The van der Waals surface area contributed by atoms with Crippen LogP contribution in [0, 0.1) is 17.1 Å². The Morgan fingerprint density at radius 1 is 1.23 bits per heavy atom. The number of halogens is 1. The lowest BCUT2D eigenvalue weighted by molar-refractivity contribution is 0.102. The Morgan fingerprint density at radius 3 is 2.68 bits per heavy atom. The van der Waals surface area contributed by atoms with Crippen LogP contribution in [0.2, 0.25) is 0 Å². The fourth-order valence-corrected chi connectivity index (χ4v) is 2.24. The second-order valence-electron chi connectivity index (χ2n) is 4.87. The standard InChI is InChI=1S/C17H12FN3O/c18-14-2-1-3-15-13(14)10-16(21-15)17(22)20-12-6-4-11(5-7-12)8-9-19/h1-7,10,21H,8H2,(H,20,22). The molecular weight excluding hydrogens is 281 g/mol. The zero-order chi connectivity index (χ0) is 15.5. The first kappa shape index (κ1) is 13.8. The van der Waals surface area contributed by atoms with Gasteiger partial charge in [0.15, 0.2) is 0 Å². The normalized spacial score (nSPS) is 10.4. The molecule has 1 heterocycles. The Labute approximate surface area is 126 Å². The van der Waals surface area contributed by atoms with E-state index in [9.17, 15) is 9.18 Å². The number of rotatable bonds is 3. The summed E-state index contributed by atoms with van der Waals surface area (Å²) in [5, 5.41) is 11.7. The quantitative estimate of drug-likeness (QED) is 0.774. The molecule has 0 aliphatic rings. The average Bonchev–Trinajstić information content (AvgIpc) is 2.95. The van der Waals surface area contributed by atoms with Gasteiger partial charge in [-0.25, -0.2) is 4.39 Å². The molecule has 0 bridgehead atoms. The van der Waals surface area contributed by atoms with Crippen molar-refractivity contribution in [3.63, 3.8) is 0 Å². The number of hydrogen-bond donors (Lipinski definition) is 2. The number of H-pyrrole nitrogens is 1. The van der Waals surface area contributed by atoms with Crippen LogP contribution in [0.4, 0.5) is 10.1 Å². The molecule has 2 aromatic carbocycles. The van der Waals surface area contributed by atoms with Gasteiger partial charge in [0.2, 0.25) is 0 Å². The monoisotopic (exact) mass is 293 g/mol. The number of carbonyl (C=O) groups is 1. The van der Waals surface area contributed by atoms with Crippen LogP contribution in [-0.2, 0) is 6.42 Å². The maximum atomic E-state index is 13.6. The van der Waals surface area contributed by atoms with E-state index >= 15 is 0 Å². The molecule has 0 saturated heterocycles. The minimum Gasteiger partial charge on any atom is -0.350 e. The molecule has 0 saturated carbocycles. The first-order valence-electron chi connectivity index (χ1n) is 6.72. The fourth-order valence-electron chi connectivity index (χ4n) is 2.24. The van der Waals surface area contributed by atoms with E-state index in [1.54, 1.807) is 36.4 Å². The highest BCUT2D eigenvalue weighted by Crippen LogP contribution is 2.19. The highest BCUT2D eigenvalue weighted by Gasteiger charge is 2.11. The summed E-state index contributed by atoms with van der Waals surface area (Å²) in [6, 6.07) is 15.2. The summed E-state index contributed by atoms with van der Waals surface area (Å²) >= 11 is 0. The minimum atomic E-state index is -0.367. The predicted molar refractivity (Wildman–Crippen MR) is 82.0 cm³/mol. The molecule has 3 aromatic rings. The maximum absolute atomic E-state index is 13.6. The van der Waals surface area contributed by atoms with E-state index in [1.165, 1.54) is 12.1 Å². The van der Waals surface area contributed by atoms with Gasteiger partial charge in [-0.3, -0.25) is 4.79 Å². The van der Waals surface area contributed by atoms with Crippen molar-refractivity contribution in [1.29, 1.82) is 5.26 Å². The van der Waals surface area contributed by atoms with Gasteiger partial charge in [0.05, 0.1) is 12.5 Å². The maximum Gasteiger partial charge on any atom is 0.272 e. The van der Waals surface area contributed by atoms with Crippen LogP contribution in [0.1, 0.15) is 16.1 Å². The summed E-state index contributed by atoms with van der Waals surface area (Å²) in [7, 11) is 0. The Morgan fingerprint density at radius 2 is 2.00 bits per heavy atom. The molecule has 5 heteroatoms. The molecule has 4 nitrogen and oxygen atoms in total. The highest BCUT2D eigenvalue weighted by molar-refractivity contribution is 6.05. The number of nitrogens with zero attached hydrogens (tertiary/aromatic N) is 1. The van der Waals surface area contributed by atoms with Crippen LogP contribution in [-0.4, -0.2) is 10.9 Å². The predicted octanol–water partition coefficient (Wildman–Crippen LogP) is 3.63.